The Bertz CT molecular complexity index is 106. The normalized spacial score (nSPS) is 13.1. The Hall–Kier alpha value is -0.0800. The minimum Gasteiger partial charge on any atom is -0.396 e. The van der Waals surface area contributed by atoms with Gasteiger partial charge in [0.15, 0.2) is 0 Å². The number of aliphatic hydroxyl groups excluding tert-OH is 1. The van der Waals surface area contributed by atoms with Crippen LogP contribution < -0.4 is 5.73 Å². The standard InChI is InChI=1S/C12H27NO/c1-2-3-6-9-12(13)10-7-4-5-8-11-14/h12,14H,2-11,13H2,1H3. The Labute approximate surface area is 88.9 Å². The molecule has 2 nitrogen and oxygen atoms in total. The Kier molecular flexibility index (Phi) is 10.9. The predicted molar refractivity (Wildman–Crippen MR) is 62.3 cm³/mol. The molecule has 0 bridgehead atoms. The fourth-order valence-corrected chi connectivity index (χ4v) is 1.67. The Morgan fingerprint density at radius 1 is 0.929 bits per heavy atom. The van der Waals surface area contributed by atoms with Gasteiger partial charge in [-0.2, -0.15) is 0 Å². The van der Waals surface area contributed by atoms with E-state index in [1.807, 2.05) is 0 Å². The van der Waals surface area contributed by atoms with Crippen molar-refractivity contribution in [2.24, 2.45) is 5.73 Å². The first-order chi connectivity index (χ1) is 6.81. The monoisotopic (exact) mass is 201 g/mol. The maximum Gasteiger partial charge on any atom is 0.0431 e. The molecule has 0 amide bonds. The van der Waals surface area contributed by atoms with Crippen molar-refractivity contribution >= 4 is 0 Å². The van der Waals surface area contributed by atoms with Crippen LogP contribution in [0.4, 0.5) is 0 Å². The van der Waals surface area contributed by atoms with E-state index < -0.39 is 0 Å². The van der Waals surface area contributed by atoms with Crippen LogP contribution in [0.1, 0.15) is 64.7 Å². The summed E-state index contributed by atoms with van der Waals surface area (Å²) >= 11 is 0. The van der Waals surface area contributed by atoms with E-state index in [-0.39, 0.29) is 0 Å². The predicted octanol–water partition coefficient (Wildman–Crippen LogP) is 2.84. The lowest BCUT2D eigenvalue weighted by atomic mass is 10.0. The third-order valence-corrected chi connectivity index (χ3v) is 2.66. The molecule has 2 heteroatoms. The maximum atomic E-state index is 8.59. The van der Waals surface area contributed by atoms with Gasteiger partial charge in [-0.1, -0.05) is 45.4 Å². The fourth-order valence-electron chi connectivity index (χ4n) is 1.67. The highest BCUT2D eigenvalue weighted by molar-refractivity contribution is 4.61. The molecule has 0 aromatic rings. The summed E-state index contributed by atoms with van der Waals surface area (Å²) in [5.74, 6) is 0. The molecule has 0 radical (unpaired) electrons. The van der Waals surface area contributed by atoms with Crippen LogP contribution in [0, 0.1) is 0 Å². The second-order valence-corrected chi connectivity index (χ2v) is 4.18. The minimum absolute atomic E-state index is 0.336. The molecular formula is C12H27NO. The second kappa shape index (κ2) is 11.0. The Morgan fingerprint density at radius 2 is 1.50 bits per heavy atom. The molecule has 0 fully saturated rings. The van der Waals surface area contributed by atoms with Gasteiger partial charge < -0.3 is 10.8 Å². The topological polar surface area (TPSA) is 46.2 Å². The Balaban J connectivity index is 3.06. The third-order valence-electron chi connectivity index (χ3n) is 2.66. The zero-order valence-electron chi connectivity index (χ0n) is 9.67. The van der Waals surface area contributed by atoms with Gasteiger partial charge in [0.25, 0.3) is 0 Å². The van der Waals surface area contributed by atoms with Crippen LogP contribution in [0.15, 0.2) is 0 Å². The van der Waals surface area contributed by atoms with E-state index in [0.717, 1.165) is 19.3 Å². The number of nitrogens with two attached hydrogens (primary N) is 1. The van der Waals surface area contributed by atoms with Crippen molar-refractivity contribution in [1.82, 2.24) is 0 Å². The van der Waals surface area contributed by atoms with E-state index >= 15 is 0 Å². The second-order valence-electron chi connectivity index (χ2n) is 4.18. The average molecular weight is 201 g/mol. The zero-order valence-corrected chi connectivity index (χ0v) is 9.67. The van der Waals surface area contributed by atoms with E-state index in [4.69, 9.17) is 10.8 Å². The van der Waals surface area contributed by atoms with E-state index in [1.165, 1.54) is 38.5 Å². The van der Waals surface area contributed by atoms with E-state index in [9.17, 15) is 0 Å². The number of hydrogen-bond acceptors (Lipinski definition) is 2. The lowest BCUT2D eigenvalue weighted by Crippen LogP contribution is -2.19. The summed E-state index contributed by atoms with van der Waals surface area (Å²) in [7, 11) is 0. The molecule has 0 aromatic carbocycles. The zero-order chi connectivity index (χ0) is 10.6. The summed E-state index contributed by atoms with van der Waals surface area (Å²) in [5, 5.41) is 8.59. The summed E-state index contributed by atoms with van der Waals surface area (Å²) in [4.78, 5) is 0. The molecule has 0 heterocycles. The number of unbranched alkanes of at least 4 members (excludes halogenated alkanes) is 5. The molecule has 0 saturated carbocycles. The van der Waals surface area contributed by atoms with Gasteiger partial charge in [0.05, 0.1) is 0 Å². The molecule has 0 aromatic heterocycles. The van der Waals surface area contributed by atoms with Crippen molar-refractivity contribution in [1.29, 1.82) is 0 Å². The van der Waals surface area contributed by atoms with E-state index in [1.54, 1.807) is 0 Å². The molecule has 0 saturated heterocycles. The molecule has 0 aliphatic carbocycles. The summed E-state index contributed by atoms with van der Waals surface area (Å²) in [6, 6.07) is 0.413. The summed E-state index contributed by atoms with van der Waals surface area (Å²) in [6.45, 7) is 2.56. The van der Waals surface area contributed by atoms with Crippen molar-refractivity contribution in [2.75, 3.05) is 6.61 Å². The SMILES string of the molecule is CCCCCC(N)CCCCCCO. The van der Waals surface area contributed by atoms with Crippen LogP contribution in [-0.4, -0.2) is 17.8 Å². The number of hydrogen-bond donors (Lipinski definition) is 2. The van der Waals surface area contributed by atoms with Crippen molar-refractivity contribution in [3.63, 3.8) is 0 Å². The lowest BCUT2D eigenvalue weighted by molar-refractivity contribution is 0.282. The van der Waals surface area contributed by atoms with Gasteiger partial charge in [0.2, 0.25) is 0 Å². The average Bonchev–Trinajstić information content (AvgIpc) is 2.18. The highest BCUT2D eigenvalue weighted by Gasteiger charge is 2.01. The quantitative estimate of drug-likeness (QED) is 0.534. The summed E-state index contributed by atoms with van der Waals surface area (Å²) < 4.78 is 0. The van der Waals surface area contributed by atoms with Gasteiger partial charge in [-0.3, -0.25) is 0 Å². The van der Waals surface area contributed by atoms with Gasteiger partial charge in [-0.15, -0.1) is 0 Å². The number of rotatable bonds is 10. The third kappa shape index (κ3) is 10.0. The molecular weight excluding hydrogens is 174 g/mol. The fraction of sp³-hybridized carbons (Fsp3) is 1.00. The van der Waals surface area contributed by atoms with Crippen molar-refractivity contribution in [2.45, 2.75) is 70.8 Å². The molecule has 86 valence electrons. The van der Waals surface area contributed by atoms with Gasteiger partial charge in [0, 0.05) is 12.6 Å². The summed E-state index contributed by atoms with van der Waals surface area (Å²) in [6.07, 6.45) is 10.8. The molecule has 0 rings (SSSR count). The largest absolute Gasteiger partial charge is 0.396 e. The molecule has 3 N–H and O–H groups in total. The van der Waals surface area contributed by atoms with Gasteiger partial charge in [-0.05, 0) is 19.3 Å². The van der Waals surface area contributed by atoms with Crippen molar-refractivity contribution in [3.05, 3.63) is 0 Å². The van der Waals surface area contributed by atoms with Crippen LogP contribution in [0.2, 0.25) is 0 Å². The first kappa shape index (κ1) is 13.9. The molecule has 14 heavy (non-hydrogen) atoms. The summed E-state index contributed by atoms with van der Waals surface area (Å²) in [5.41, 5.74) is 5.98. The van der Waals surface area contributed by atoms with Crippen LogP contribution in [0.25, 0.3) is 0 Å². The van der Waals surface area contributed by atoms with Crippen LogP contribution in [0.3, 0.4) is 0 Å². The van der Waals surface area contributed by atoms with Gasteiger partial charge in [0.1, 0.15) is 0 Å². The van der Waals surface area contributed by atoms with Gasteiger partial charge in [-0.25, -0.2) is 0 Å². The lowest BCUT2D eigenvalue weighted by Gasteiger charge is -2.10. The van der Waals surface area contributed by atoms with Crippen LogP contribution in [0.5, 0.6) is 0 Å². The minimum atomic E-state index is 0.336. The van der Waals surface area contributed by atoms with Crippen molar-refractivity contribution in [3.8, 4) is 0 Å². The molecule has 0 aliphatic heterocycles. The van der Waals surface area contributed by atoms with Crippen molar-refractivity contribution < 1.29 is 5.11 Å². The molecule has 1 unspecified atom stereocenters. The molecule has 0 spiro atoms. The first-order valence-electron chi connectivity index (χ1n) is 6.17. The number of aliphatic hydroxyl groups is 1. The van der Waals surface area contributed by atoms with Crippen LogP contribution in [-0.2, 0) is 0 Å². The molecule has 0 aliphatic rings. The maximum absolute atomic E-state index is 8.59. The molecule has 1 atom stereocenters. The highest BCUT2D eigenvalue weighted by atomic mass is 16.2. The Morgan fingerprint density at radius 3 is 2.07 bits per heavy atom. The first-order valence-corrected chi connectivity index (χ1v) is 6.17. The van der Waals surface area contributed by atoms with E-state index in [0.29, 0.717) is 12.6 Å². The van der Waals surface area contributed by atoms with E-state index in [2.05, 4.69) is 6.92 Å². The smallest absolute Gasteiger partial charge is 0.0431 e. The highest BCUT2D eigenvalue weighted by Crippen LogP contribution is 2.09. The van der Waals surface area contributed by atoms with Crippen LogP contribution >= 0.6 is 0 Å². The van der Waals surface area contributed by atoms with Gasteiger partial charge >= 0.3 is 0 Å².